The summed E-state index contributed by atoms with van der Waals surface area (Å²) in [5, 5.41) is 10.8. The predicted molar refractivity (Wildman–Crippen MR) is 109 cm³/mol. The van der Waals surface area contributed by atoms with Crippen molar-refractivity contribution >= 4 is 41.7 Å². The number of benzene rings is 1. The Morgan fingerprint density at radius 3 is 2.61 bits per heavy atom. The third-order valence-electron chi connectivity index (χ3n) is 3.09. The van der Waals surface area contributed by atoms with Gasteiger partial charge in [0.25, 0.3) is 0 Å². The van der Waals surface area contributed by atoms with Crippen molar-refractivity contribution in [2.24, 2.45) is 12.0 Å². The topological polar surface area (TPSA) is 54.2 Å². The van der Waals surface area contributed by atoms with Gasteiger partial charge in [-0.05, 0) is 24.1 Å². The molecule has 0 atom stereocenters. The average molecular weight is 445 g/mol. The summed E-state index contributed by atoms with van der Waals surface area (Å²) in [5.41, 5.74) is 1.23. The lowest BCUT2D eigenvalue weighted by Gasteiger charge is -2.11. The van der Waals surface area contributed by atoms with E-state index >= 15 is 0 Å². The van der Waals surface area contributed by atoms with Gasteiger partial charge in [-0.15, -0.1) is 35.7 Å². The summed E-state index contributed by atoms with van der Waals surface area (Å²) in [5.74, 6) is 1.85. The van der Waals surface area contributed by atoms with E-state index < -0.39 is 0 Å². The van der Waals surface area contributed by atoms with Gasteiger partial charge in [0.05, 0.1) is 6.20 Å². The van der Waals surface area contributed by atoms with E-state index in [1.54, 1.807) is 7.05 Å². The minimum atomic E-state index is 0. The number of aliphatic imine (C=N–C) groups is 1. The Balaban J connectivity index is 0.00000264. The van der Waals surface area contributed by atoms with Crippen molar-refractivity contribution in [1.82, 2.24) is 20.4 Å². The first-order valence-electron chi connectivity index (χ1n) is 7.38. The van der Waals surface area contributed by atoms with E-state index in [2.05, 4.69) is 45.0 Å². The Kier molecular flexibility index (Phi) is 9.77. The van der Waals surface area contributed by atoms with Crippen molar-refractivity contribution in [3.63, 3.8) is 0 Å². The zero-order valence-electron chi connectivity index (χ0n) is 13.5. The van der Waals surface area contributed by atoms with Crippen LogP contribution in [0.15, 0.2) is 52.6 Å². The van der Waals surface area contributed by atoms with Gasteiger partial charge in [0.15, 0.2) is 5.96 Å². The number of hydrogen-bond acceptors (Lipinski definition) is 3. The molecule has 0 aliphatic heterocycles. The van der Waals surface area contributed by atoms with Gasteiger partial charge in [-0.3, -0.25) is 9.67 Å². The molecule has 2 rings (SSSR count). The van der Waals surface area contributed by atoms with Crippen LogP contribution >= 0.6 is 35.7 Å². The Labute approximate surface area is 159 Å². The van der Waals surface area contributed by atoms with Crippen molar-refractivity contribution in [1.29, 1.82) is 0 Å². The maximum atomic E-state index is 4.23. The molecular formula is C16H24IN5S. The zero-order valence-corrected chi connectivity index (χ0v) is 16.7. The van der Waals surface area contributed by atoms with Crippen molar-refractivity contribution < 1.29 is 0 Å². The van der Waals surface area contributed by atoms with Gasteiger partial charge in [0.1, 0.15) is 0 Å². The normalized spacial score (nSPS) is 11.0. The van der Waals surface area contributed by atoms with Gasteiger partial charge in [-0.1, -0.05) is 18.2 Å². The van der Waals surface area contributed by atoms with Crippen LogP contribution in [0.3, 0.4) is 0 Å². The molecule has 0 unspecified atom stereocenters. The van der Waals surface area contributed by atoms with Crippen LogP contribution in [0, 0.1) is 0 Å². The van der Waals surface area contributed by atoms with Crippen LogP contribution in [0.5, 0.6) is 0 Å². The highest BCUT2D eigenvalue weighted by molar-refractivity contribution is 14.0. The smallest absolute Gasteiger partial charge is 0.191 e. The Morgan fingerprint density at radius 1 is 1.22 bits per heavy atom. The molecule has 0 aliphatic rings. The first-order chi connectivity index (χ1) is 10.8. The average Bonchev–Trinajstić information content (AvgIpc) is 2.96. The molecule has 0 spiro atoms. The van der Waals surface area contributed by atoms with Crippen LogP contribution in [0.2, 0.25) is 0 Å². The molecule has 7 heteroatoms. The third kappa shape index (κ3) is 7.74. The van der Waals surface area contributed by atoms with Gasteiger partial charge in [-0.2, -0.15) is 5.10 Å². The summed E-state index contributed by atoms with van der Waals surface area (Å²) < 4.78 is 1.82. The fourth-order valence-electron chi connectivity index (χ4n) is 2.00. The molecular weight excluding hydrogens is 421 g/mol. The fraction of sp³-hybridized carbons (Fsp3) is 0.375. The molecule has 126 valence electrons. The molecule has 0 aliphatic carbocycles. The largest absolute Gasteiger partial charge is 0.356 e. The first kappa shape index (κ1) is 19.8. The molecule has 1 aromatic heterocycles. The number of rotatable bonds is 7. The van der Waals surface area contributed by atoms with Crippen LogP contribution in [0.1, 0.15) is 5.56 Å². The number of guanidine groups is 1. The maximum Gasteiger partial charge on any atom is 0.191 e. The monoisotopic (exact) mass is 445 g/mol. The van der Waals surface area contributed by atoms with Gasteiger partial charge in [0.2, 0.25) is 0 Å². The molecule has 5 nitrogen and oxygen atoms in total. The van der Waals surface area contributed by atoms with E-state index in [0.717, 1.165) is 31.2 Å². The standard InChI is InChI=1S/C16H23N5S.HI/c1-17-16(18-9-8-14-12-20-21(2)13-14)19-10-11-22-15-6-4-3-5-7-15;/h3-7,12-13H,8-11H2,1-2H3,(H2,17,18,19);1H. The van der Waals surface area contributed by atoms with Crippen LogP contribution in [0.25, 0.3) is 0 Å². The second kappa shape index (κ2) is 11.3. The van der Waals surface area contributed by atoms with E-state index in [9.17, 15) is 0 Å². The lowest BCUT2D eigenvalue weighted by molar-refractivity contribution is 0.765. The molecule has 1 heterocycles. The van der Waals surface area contributed by atoms with Crippen molar-refractivity contribution in [2.75, 3.05) is 25.9 Å². The molecule has 0 radical (unpaired) electrons. The predicted octanol–water partition coefficient (Wildman–Crippen LogP) is 2.54. The lowest BCUT2D eigenvalue weighted by atomic mass is 10.2. The molecule has 2 N–H and O–H groups in total. The summed E-state index contributed by atoms with van der Waals surface area (Å²) in [6.07, 6.45) is 4.87. The fourth-order valence-corrected chi connectivity index (χ4v) is 2.79. The second-order valence-electron chi connectivity index (χ2n) is 4.86. The molecule has 0 saturated heterocycles. The van der Waals surface area contributed by atoms with E-state index in [-0.39, 0.29) is 24.0 Å². The first-order valence-corrected chi connectivity index (χ1v) is 8.36. The molecule has 1 aromatic carbocycles. The molecule has 0 saturated carbocycles. The summed E-state index contributed by atoms with van der Waals surface area (Å²) in [4.78, 5) is 5.53. The number of aromatic nitrogens is 2. The summed E-state index contributed by atoms with van der Waals surface area (Å²) in [7, 11) is 3.73. The highest BCUT2D eigenvalue weighted by Gasteiger charge is 1.99. The Hall–Kier alpha value is -1.22. The highest BCUT2D eigenvalue weighted by Crippen LogP contribution is 2.15. The van der Waals surface area contributed by atoms with Crippen molar-refractivity contribution in [3.05, 3.63) is 48.3 Å². The minimum Gasteiger partial charge on any atom is -0.356 e. The van der Waals surface area contributed by atoms with E-state index in [1.165, 1.54) is 10.5 Å². The van der Waals surface area contributed by atoms with Gasteiger partial charge in [-0.25, -0.2) is 0 Å². The SMILES string of the molecule is CN=C(NCCSc1ccccc1)NCCc1cnn(C)c1.I. The van der Waals surface area contributed by atoms with Crippen LogP contribution in [-0.4, -0.2) is 41.6 Å². The number of aryl methyl sites for hydroxylation is 1. The minimum absolute atomic E-state index is 0. The van der Waals surface area contributed by atoms with Gasteiger partial charge < -0.3 is 10.6 Å². The number of hydrogen-bond donors (Lipinski definition) is 2. The van der Waals surface area contributed by atoms with E-state index in [1.807, 2.05) is 42.0 Å². The van der Waals surface area contributed by atoms with Crippen LogP contribution in [-0.2, 0) is 13.5 Å². The molecule has 23 heavy (non-hydrogen) atoms. The Morgan fingerprint density at radius 2 is 1.96 bits per heavy atom. The zero-order chi connectivity index (χ0) is 15.6. The van der Waals surface area contributed by atoms with Crippen LogP contribution in [0.4, 0.5) is 0 Å². The number of halogens is 1. The van der Waals surface area contributed by atoms with Crippen molar-refractivity contribution in [3.8, 4) is 0 Å². The number of nitrogens with zero attached hydrogens (tertiary/aromatic N) is 3. The second-order valence-corrected chi connectivity index (χ2v) is 6.03. The van der Waals surface area contributed by atoms with Crippen LogP contribution < -0.4 is 10.6 Å². The van der Waals surface area contributed by atoms with Gasteiger partial charge >= 0.3 is 0 Å². The molecule has 2 aromatic rings. The summed E-state index contributed by atoms with van der Waals surface area (Å²) >= 11 is 1.84. The van der Waals surface area contributed by atoms with Crippen molar-refractivity contribution in [2.45, 2.75) is 11.3 Å². The summed E-state index contributed by atoms with van der Waals surface area (Å²) in [6, 6.07) is 10.4. The molecule has 0 amide bonds. The van der Waals surface area contributed by atoms with E-state index in [0.29, 0.717) is 0 Å². The van der Waals surface area contributed by atoms with Gasteiger partial charge in [0, 0.05) is 44.0 Å². The quantitative estimate of drug-likeness (QED) is 0.226. The van der Waals surface area contributed by atoms with E-state index in [4.69, 9.17) is 0 Å². The number of nitrogens with one attached hydrogen (secondary N) is 2. The maximum absolute atomic E-state index is 4.23. The summed E-state index contributed by atoms with van der Waals surface area (Å²) in [6.45, 7) is 1.73. The third-order valence-corrected chi connectivity index (χ3v) is 4.11. The highest BCUT2D eigenvalue weighted by atomic mass is 127. The Bertz CT molecular complexity index is 585. The number of thioether (sulfide) groups is 1. The molecule has 0 bridgehead atoms. The molecule has 0 fully saturated rings. The lowest BCUT2D eigenvalue weighted by Crippen LogP contribution is -2.39.